The molecule has 2 aliphatic rings. The van der Waals surface area contributed by atoms with Crippen molar-refractivity contribution in [2.45, 2.75) is 5.72 Å². The fourth-order valence-corrected chi connectivity index (χ4v) is 3.57. The van der Waals surface area contributed by atoms with Gasteiger partial charge in [0.2, 0.25) is 11.5 Å². The molecular weight excluding hydrogens is 489 g/mol. The van der Waals surface area contributed by atoms with Crippen LogP contribution in [-0.2, 0) is 4.79 Å². The third-order valence-corrected chi connectivity index (χ3v) is 5.77. The summed E-state index contributed by atoms with van der Waals surface area (Å²) in [4.78, 5) is 26.3. The molecule has 1 atom stereocenters. The molecule has 1 aliphatic carbocycles. The minimum Gasteiger partial charge on any atom is -0.456 e. The van der Waals surface area contributed by atoms with Gasteiger partial charge in [-0.25, -0.2) is 8.78 Å². The average Bonchev–Trinajstić information content (AvgIpc) is 2.81. The molecule has 0 saturated carbocycles. The molecule has 0 bridgehead atoms. The van der Waals surface area contributed by atoms with E-state index in [4.69, 9.17) is 27.9 Å². The van der Waals surface area contributed by atoms with Crippen LogP contribution < -0.4 is 10.1 Å². The number of ketones is 1. The minimum atomic E-state index is -2.03. The van der Waals surface area contributed by atoms with Crippen LogP contribution in [0.3, 0.4) is 0 Å². The number of carbonyl (C=O) groups is 2. The molecule has 10 heteroatoms. The first-order valence-corrected chi connectivity index (χ1v) is 10.6. The van der Waals surface area contributed by atoms with E-state index in [1.807, 2.05) is 0 Å². The highest BCUT2D eigenvalue weighted by molar-refractivity contribution is 6.42. The van der Waals surface area contributed by atoms with Gasteiger partial charge in [-0.3, -0.25) is 9.59 Å². The fraction of sp³-hybridized carbons (Fsp3) is 0.0833. The van der Waals surface area contributed by atoms with Gasteiger partial charge in [-0.1, -0.05) is 23.2 Å². The molecule has 6 nitrogen and oxygen atoms in total. The molecule has 0 radical (unpaired) electrons. The van der Waals surface area contributed by atoms with Gasteiger partial charge in [0, 0.05) is 30.6 Å². The highest BCUT2D eigenvalue weighted by Crippen LogP contribution is 2.34. The summed E-state index contributed by atoms with van der Waals surface area (Å²) < 4.78 is 32.2. The van der Waals surface area contributed by atoms with Crippen molar-refractivity contribution in [2.75, 3.05) is 6.54 Å². The van der Waals surface area contributed by atoms with Crippen molar-refractivity contribution in [3.8, 4) is 11.5 Å². The molecule has 2 aromatic carbocycles. The zero-order chi connectivity index (χ0) is 24.5. The largest absolute Gasteiger partial charge is 0.456 e. The number of allylic oxidation sites excluding steroid dienone is 3. The third kappa shape index (κ3) is 4.89. The molecule has 1 aliphatic heterocycles. The van der Waals surface area contributed by atoms with Gasteiger partial charge in [-0.05, 0) is 54.6 Å². The summed E-state index contributed by atoms with van der Waals surface area (Å²) in [5.74, 6) is -2.21. The lowest BCUT2D eigenvalue weighted by Crippen LogP contribution is -2.52. The first-order chi connectivity index (χ1) is 16.2. The van der Waals surface area contributed by atoms with Gasteiger partial charge in [0.15, 0.2) is 0 Å². The van der Waals surface area contributed by atoms with Crippen molar-refractivity contribution < 1.29 is 28.2 Å². The number of carbonyl (C=O) groups excluding carboxylic acids is 2. The second kappa shape index (κ2) is 9.42. The predicted octanol–water partition coefficient (Wildman–Crippen LogP) is 5.05. The van der Waals surface area contributed by atoms with E-state index < -0.39 is 29.1 Å². The Kier molecular flexibility index (Phi) is 6.56. The molecule has 34 heavy (non-hydrogen) atoms. The Morgan fingerprint density at radius 2 is 1.82 bits per heavy atom. The van der Waals surface area contributed by atoms with E-state index in [9.17, 15) is 23.5 Å². The van der Waals surface area contributed by atoms with Gasteiger partial charge in [0.25, 0.3) is 5.91 Å². The maximum atomic E-state index is 13.3. The number of halogens is 4. The number of nitrogens with zero attached hydrogens (tertiary/aromatic N) is 1. The van der Waals surface area contributed by atoms with Crippen molar-refractivity contribution in [1.29, 1.82) is 0 Å². The average molecular weight is 505 g/mol. The Morgan fingerprint density at radius 3 is 2.47 bits per heavy atom. The zero-order valence-corrected chi connectivity index (χ0v) is 18.8. The SMILES string of the molecule is O=C(NC1=CCN(C2(O)C=CC(F)=CC2=O)C=C1)c1cc(Cl)c(Cl)cc1Oc1ccc(F)cc1. The van der Waals surface area contributed by atoms with Crippen molar-refractivity contribution in [3.63, 3.8) is 0 Å². The van der Waals surface area contributed by atoms with Crippen LogP contribution in [0.25, 0.3) is 0 Å². The molecule has 0 saturated heterocycles. The number of amides is 1. The van der Waals surface area contributed by atoms with Crippen LogP contribution in [-0.4, -0.2) is 34.0 Å². The van der Waals surface area contributed by atoms with Gasteiger partial charge >= 0.3 is 0 Å². The van der Waals surface area contributed by atoms with Crippen LogP contribution in [0, 0.1) is 5.82 Å². The summed E-state index contributed by atoms with van der Waals surface area (Å²) in [6, 6.07) is 7.92. The van der Waals surface area contributed by atoms with E-state index in [-0.39, 0.29) is 33.7 Å². The lowest BCUT2D eigenvalue weighted by molar-refractivity contribution is -0.140. The smallest absolute Gasteiger partial charge is 0.259 e. The first kappa shape index (κ1) is 23.7. The molecule has 174 valence electrons. The molecule has 1 heterocycles. The minimum absolute atomic E-state index is 0.0501. The van der Waals surface area contributed by atoms with Crippen molar-refractivity contribution in [1.82, 2.24) is 10.2 Å². The number of rotatable bonds is 5. The molecule has 1 amide bonds. The van der Waals surface area contributed by atoms with E-state index in [2.05, 4.69) is 5.32 Å². The Morgan fingerprint density at radius 1 is 1.12 bits per heavy atom. The van der Waals surface area contributed by atoms with E-state index >= 15 is 0 Å². The van der Waals surface area contributed by atoms with Crippen molar-refractivity contribution >= 4 is 34.9 Å². The number of hydrogen-bond donors (Lipinski definition) is 2. The summed E-state index contributed by atoms with van der Waals surface area (Å²) >= 11 is 12.2. The Labute approximate surface area is 203 Å². The Balaban J connectivity index is 1.51. The molecule has 2 N–H and O–H groups in total. The molecular formula is C24H16Cl2F2N2O4. The second-order valence-corrected chi connectivity index (χ2v) is 8.17. The highest BCUT2D eigenvalue weighted by atomic mass is 35.5. The lowest BCUT2D eigenvalue weighted by atomic mass is 10.00. The quantitative estimate of drug-likeness (QED) is 0.595. The molecule has 1 unspecified atom stereocenters. The summed E-state index contributed by atoms with van der Waals surface area (Å²) in [5, 5.41) is 13.6. The summed E-state index contributed by atoms with van der Waals surface area (Å²) in [6.07, 6.45) is 7.20. The lowest BCUT2D eigenvalue weighted by Gasteiger charge is -2.36. The monoisotopic (exact) mass is 504 g/mol. The van der Waals surface area contributed by atoms with Crippen LogP contribution in [0.5, 0.6) is 11.5 Å². The van der Waals surface area contributed by atoms with Gasteiger partial charge in [-0.2, -0.15) is 0 Å². The Hall–Kier alpha value is -3.46. The van der Waals surface area contributed by atoms with Crippen molar-refractivity contribution in [3.05, 3.63) is 106 Å². The van der Waals surface area contributed by atoms with Crippen LogP contribution in [0.1, 0.15) is 10.4 Å². The predicted molar refractivity (Wildman–Crippen MR) is 123 cm³/mol. The summed E-state index contributed by atoms with van der Waals surface area (Å²) in [5.41, 5.74) is -1.59. The van der Waals surface area contributed by atoms with Crippen LogP contribution in [0.15, 0.2) is 84.5 Å². The summed E-state index contributed by atoms with van der Waals surface area (Å²) in [7, 11) is 0. The molecule has 2 aromatic rings. The second-order valence-electron chi connectivity index (χ2n) is 7.35. The maximum Gasteiger partial charge on any atom is 0.259 e. The van der Waals surface area contributed by atoms with E-state index in [1.165, 1.54) is 53.6 Å². The summed E-state index contributed by atoms with van der Waals surface area (Å²) in [6.45, 7) is 0.0501. The van der Waals surface area contributed by atoms with E-state index in [0.29, 0.717) is 11.8 Å². The molecule has 4 rings (SSSR count). The molecule has 0 fully saturated rings. The number of benzene rings is 2. The van der Waals surface area contributed by atoms with E-state index in [1.54, 1.807) is 6.08 Å². The highest BCUT2D eigenvalue weighted by Gasteiger charge is 2.39. The van der Waals surface area contributed by atoms with Gasteiger partial charge in [-0.15, -0.1) is 0 Å². The maximum absolute atomic E-state index is 13.3. The topological polar surface area (TPSA) is 78.9 Å². The van der Waals surface area contributed by atoms with Crippen LogP contribution in [0.4, 0.5) is 8.78 Å². The van der Waals surface area contributed by atoms with Crippen molar-refractivity contribution in [2.24, 2.45) is 0 Å². The fourth-order valence-electron chi connectivity index (χ4n) is 3.25. The number of nitrogens with one attached hydrogen (secondary N) is 1. The zero-order valence-electron chi connectivity index (χ0n) is 17.3. The van der Waals surface area contributed by atoms with Crippen LogP contribution >= 0.6 is 23.2 Å². The number of ether oxygens (including phenoxy) is 1. The van der Waals surface area contributed by atoms with Gasteiger partial charge in [0.05, 0.1) is 15.6 Å². The molecule has 0 aromatic heterocycles. The Bertz CT molecular complexity index is 1290. The van der Waals surface area contributed by atoms with Crippen LogP contribution in [0.2, 0.25) is 10.0 Å². The number of aliphatic hydroxyl groups is 1. The first-order valence-electron chi connectivity index (χ1n) is 9.88. The van der Waals surface area contributed by atoms with Gasteiger partial charge in [0.1, 0.15) is 23.1 Å². The van der Waals surface area contributed by atoms with E-state index in [0.717, 1.165) is 12.2 Å². The number of hydrogen-bond acceptors (Lipinski definition) is 5. The van der Waals surface area contributed by atoms with Gasteiger partial charge < -0.3 is 20.1 Å². The normalized spacial score (nSPS) is 19.6. The molecule has 0 spiro atoms. The standard InChI is InChI=1S/C24H16Cl2F2N2O4/c25-19-12-18(21(13-20(19)26)34-17-3-1-14(27)2-4-17)23(32)29-16-6-9-30(10-7-16)24(33)8-5-15(28)11-22(24)31/h1-9,11-13,33H,10H2,(H,29,32). The third-order valence-electron chi connectivity index (χ3n) is 5.05.